The Kier molecular flexibility index (Phi) is 3.02. The molecular formula is C13H19NO2. The SMILES string of the molecule is CCC1(C)OCC(N)(c2ccccc2)CO1. The molecule has 1 aliphatic rings. The summed E-state index contributed by atoms with van der Waals surface area (Å²) in [6.07, 6.45) is 0.831. The second-order valence-electron chi connectivity index (χ2n) is 4.59. The molecule has 3 nitrogen and oxygen atoms in total. The average Bonchev–Trinajstić information content (AvgIpc) is 2.35. The summed E-state index contributed by atoms with van der Waals surface area (Å²) in [7, 11) is 0. The van der Waals surface area contributed by atoms with Crippen molar-refractivity contribution >= 4 is 0 Å². The van der Waals surface area contributed by atoms with Gasteiger partial charge in [0.15, 0.2) is 5.79 Å². The molecule has 1 aromatic rings. The average molecular weight is 221 g/mol. The van der Waals surface area contributed by atoms with Crippen LogP contribution in [0.5, 0.6) is 0 Å². The van der Waals surface area contributed by atoms with Crippen LogP contribution in [0.25, 0.3) is 0 Å². The number of rotatable bonds is 2. The number of nitrogens with two attached hydrogens (primary N) is 1. The van der Waals surface area contributed by atoms with Gasteiger partial charge < -0.3 is 15.2 Å². The molecule has 1 aliphatic heterocycles. The van der Waals surface area contributed by atoms with E-state index in [0.29, 0.717) is 13.2 Å². The number of hydrogen-bond acceptors (Lipinski definition) is 3. The largest absolute Gasteiger partial charge is 0.348 e. The van der Waals surface area contributed by atoms with E-state index < -0.39 is 11.3 Å². The van der Waals surface area contributed by atoms with Gasteiger partial charge in [0.05, 0.1) is 18.8 Å². The lowest BCUT2D eigenvalue weighted by molar-refractivity contribution is -0.280. The van der Waals surface area contributed by atoms with Crippen molar-refractivity contribution in [2.75, 3.05) is 13.2 Å². The van der Waals surface area contributed by atoms with Gasteiger partial charge in [-0.25, -0.2) is 0 Å². The van der Waals surface area contributed by atoms with Gasteiger partial charge in [0.25, 0.3) is 0 Å². The highest BCUT2D eigenvalue weighted by molar-refractivity contribution is 5.24. The van der Waals surface area contributed by atoms with Gasteiger partial charge in [-0.05, 0) is 18.9 Å². The van der Waals surface area contributed by atoms with Crippen LogP contribution in [0, 0.1) is 0 Å². The van der Waals surface area contributed by atoms with E-state index in [0.717, 1.165) is 12.0 Å². The van der Waals surface area contributed by atoms with E-state index in [1.807, 2.05) is 44.2 Å². The Morgan fingerprint density at radius 1 is 1.19 bits per heavy atom. The minimum Gasteiger partial charge on any atom is -0.348 e. The normalized spacial score (nSPS) is 34.9. The van der Waals surface area contributed by atoms with E-state index in [-0.39, 0.29) is 0 Å². The molecule has 0 radical (unpaired) electrons. The predicted octanol–water partition coefficient (Wildman–Crippen LogP) is 2.01. The zero-order chi connectivity index (χ0) is 11.6. The van der Waals surface area contributed by atoms with Gasteiger partial charge in [-0.15, -0.1) is 0 Å². The number of hydrogen-bond donors (Lipinski definition) is 1. The maximum absolute atomic E-state index is 6.31. The molecule has 2 rings (SSSR count). The summed E-state index contributed by atoms with van der Waals surface area (Å²) in [4.78, 5) is 0. The van der Waals surface area contributed by atoms with Crippen molar-refractivity contribution in [3.8, 4) is 0 Å². The third-order valence-electron chi connectivity index (χ3n) is 3.26. The van der Waals surface area contributed by atoms with Gasteiger partial charge in [0.1, 0.15) is 0 Å². The van der Waals surface area contributed by atoms with Crippen molar-refractivity contribution in [3.63, 3.8) is 0 Å². The lowest BCUT2D eigenvalue weighted by atomic mass is 9.91. The molecule has 0 aromatic heterocycles. The molecule has 1 saturated heterocycles. The zero-order valence-electron chi connectivity index (χ0n) is 9.90. The van der Waals surface area contributed by atoms with Crippen LogP contribution in [-0.4, -0.2) is 19.0 Å². The first-order valence-electron chi connectivity index (χ1n) is 5.70. The van der Waals surface area contributed by atoms with E-state index in [1.54, 1.807) is 0 Å². The predicted molar refractivity (Wildman–Crippen MR) is 62.9 cm³/mol. The van der Waals surface area contributed by atoms with Crippen LogP contribution in [0.4, 0.5) is 0 Å². The first-order chi connectivity index (χ1) is 7.58. The Morgan fingerprint density at radius 3 is 2.25 bits per heavy atom. The molecule has 3 heteroatoms. The van der Waals surface area contributed by atoms with Crippen molar-refractivity contribution in [2.24, 2.45) is 5.73 Å². The smallest absolute Gasteiger partial charge is 0.165 e. The molecule has 0 atom stereocenters. The number of ether oxygens (including phenoxy) is 2. The fourth-order valence-corrected chi connectivity index (χ4v) is 1.79. The summed E-state index contributed by atoms with van der Waals surface area (Å²) in [5, 5.41) is 0. The lowest BCUT2D eigenvalue weighted by Crippen LogP contribution is -2.55. The van der Waals surface area contributed by atoms with E-state index in [9.17, 15) is 0 Å². The highest BCUT2D eigenvalue weighted by atomic mass is 16.7. The second-order valence-corrected chi connectivity index (χ2v) is 4.59. The Morgan fingerprint density at radius 2 is 1.75 bits per heavy atom. The first-order valence-corrected chi connectivity index (χ1v) is 5.70. The molecule has 88 valence electrons. The molecule has 16 heavy (non-hydrogen) atoms. The molecular weight excluding hydrogens is 202 g/mol. The molecule has 0 aliphatic carbocycles. The third-order valence-corrected chi connectivity index (χ3v) is 3.26. The summed E-state index contributed by atoms with van der Waals surface area (Å²) in [5.74, 6) is -0.475. The Bertz CT molecular complexity index is 342. The van der Waals surface area contributed by atoms with E-state index in [1.165, 1.54) is 0 Å². The minimum absolute atomic E-state index is 0.475. The van der Waals surface area contributed by atoms with Crippen LogP contribution >= 0.6 is 0 Å². The molecule has 0 bridgehead atoms. The molecule has 0 unspecified atom stereocenters. The van der Waals surface area contributed by atoms with Crippen LogP contribution in [0.3, 0.4) is 0 Å². The maximum atomic E-state index is 6.31. The van der Waals surface area contributed by atoms with Gasteiger partial charge in [-0.3, -0.25) is 0 Å². The van der Waals surface area contributed by atoms with Crippen LogP contribution in [0.15, 0.2) is 30.3 Å². The van der Waals surface area contributed by atoms with Crippen LogP contribution in [0.2, 0.25) is 0 Å². The van der Waals surface area contributed by atoms with Crippen LogP contribution in [0.1, 0.15) is 25.8 Å². The van der Waals surface area contributed by atoms with E-state index >= 15 is 0 Å². The highest BCUT2D eigenvalue weighted by Gasteiger charge is 2.39. The summed E-state index contributed by atoms with van der Waals surface area (Å²) >= 11 is 0. The number of benzene rings is 1. The highest BCUT2D eigenvalue weighted by Crippen LogP contribution is 2.30. The zero-order valence-corrected chi connectivity index (χ0v) is 9.90. The molecule has 1 heterocycles. The summed E-state index contributed by atoms with van der Waals surface area (Å²) in [6.45, 7) is 5.01. The van der Waals surface area contributed by atoms with E-state index in [2.05, 4.69) is 0 Å². The Balaban J connectivity index is 2.13. The van der Waals surface area contributed by atoms with Crippen molar-refractivity contribution < 1.29 is 9.47 Å². The van der Waals surface area contributed by atoms with Gasteiger partial charge in [-0.2, -0.15) is 0 Å². The molecule has 0 amide bonds. The van der Waals surface area contributed by atoms with E-state index in [4.69, 9.17) is 15.2 Å². The Hall–Kier alpha value is -0.900. The summed E-state index contributed by atoms with van der Waals surface area (Å²) in [5.41, 5.74) is 6.85. The lowest BCUT2D eigenvalue weighted by Gasteiger charge is -2.42. The van der Waals surface area contributed by atoms with Crippen molar-refractivity contribution in [1.29, 1.82) is 0 Å². The molecule has 1 aromatic carbocycles. The van der Waals surface area contributed by atoms with Crippen LogP contribution < -0.4 is 5.73 Å². The molecule has 0 spiro atoms. The fraction of sp³-hybridized carbons (Fsp3) is 0.538. The van der Waals surface area contributed by atoms with Crippen LogP contribution in [-0.2, 0) is 15.0 Å². The van der Waals surface area contributed by atoms with Gasteiger partial charge in [0, 0.05) is 0 Å². The maximum Gasteiger partial charge on any atom is 0.165 e. The monoisotopic (exact) mass is 221 g/mol. The first kappa shape index (κ1) is 11.6. The Labute approximate surface area is 96.5 Å². The van der Waals surface area contributed by atoms with Gasteiger partial charge in [-0.1, -0.05) is 37.3 Å². The van der Waals surface area contributed by atoms with Crippen molar-refractivity contribution in [3.05, 3.63) is 35.9 Å². The van der Waals surface area contributed by atoms with Gasteiger partial charge in [0.2, 0.25) is 0 Å². The quantitative estimate of drug-likeness (QED) is 0.831. The molecule has 2 N–H and O–H groups in total. The molecule has 0 saturated carbocycles. The van der Waals surface area contributed by atoms with Crippen molar-refractivity contribution in [2.45, 2.75) is 31.6 Å². The van der Waals surface area contributed by atoms with Crippen molar-refractivity contribution in [1.82, 2.24) is 0 Å². The fourth-order valence-electron chi connectivity index (χ4n) is 1.79. The topological polar surface area (TPSA) is 44.5 Å². The summed E-state index contributed by atoms with van der Waals surface area (Å²) in [6, 6.07) is 9.98. The molecule has 1 fully saturated rings. The minimum atomic E-state index is -0.518. The summed E-state index contributed by atoms with van der Waals surface area (Å²) < 4.78 is 11.5. The second kappa shape index (κ2) is 4.17. The van der Waals surface area contributed by atoms with Gasteiger partial charge >= 0.3 is 0 Å². The third kappa shape index (κ3) is 2.12. The standard InChI is InChI=1S/C13H19NO2/c1-3-12(2)15-9-13(14,10-16-12)11-7-5-4-6-8-11/h4-8H,3,9-10,14H2,1-2H3.